The average molecular weight is 448 g/mol. The Morgan fingerprint density at radius 2 is 1.83 bits per heavy atom. The fraction of sp³-hybridized carbons (Fsp3) is 0.150. The molecular weight excluding hydrogens is 430 g/mol. The molecule has 150 valence electrons. The molecule has 3 N–H and O–H groups in total. The van der Waals surface area contributed by atoms with Crippen molar-refractivity contribution in [1.82, 2.24) is 10.6 Å². The zero-order valence-electron chi connectivity index (χ0n) is 15.5. The summed E-state index contributed by atoms with van der Waals surface area (Å²) >= 11 is 12.9. The van der Waals surface area contributed by atoms with Crippen LogP contribution in [0.1, 0.15) is 20.0 Å². The number of thiophene rings is 1. The van der Waals surface area contributed by atoms with Crippen LogP contribution in [0.4, 0.5) is 5.69 Å². The number of halogens is 1. The van der Waals surface area contributed by atoms with Gasteiger partial charge in [-0.3, -0.25) is 14.9 Å². The SMILES string of the molecule is COCCNC(=O)c1ccccc1NC(=S)NC(=O)c1sc2ccccc2c1Cl. The number of hydrogen-bond acceptors (Lipinski definition) is 5. The Hall–Kier alpha value is -2.52. The molecule has 0 aliphatic rings. The van der Waals surface area contributed by atoms with Crippen LogP contribution < -0.4 is 16.0 Å². The third kappa shape index (κ3) is 5.10. The molecule has 0 saturated carbocycles. The van der Waals surface area contributed by atoms with Gasteiger partial charge in [0.25, 0.3) is 11.8 Å². The maximum absolute atomic E-state index is 12.6. The van der Waals surface area contributed by atoms with Crippen molar-refractivity contribution in [3.05, 3.63) is 64.0 Å². The molecule has 0 fully saturated rings. The summed E-state index contributed by atoms with van der Waals surface area (Å²) in [5.74, 6) is -0.678. The van der Waals surface area contributed by atoms with Gasteiger partial charge in [0, 0.05) is 23.7 Å². The summed E-state index contributed by atoms with van der Waals surface area (Å²) in [4.78, 5) is 25.4. The van der Waals surface area contributed by atoms with E-state index < -0.39 is 5.91 Å². The Bertz CT molecular complexity index is 1070. The first-order chi connectivity index (χ1) is 14.0. The summed E-state index contributed by atoms with van der Waals surface area (Å²) in [5, 5.41) is 9.56. The van der Waals surface area contributed by atoms with Crippen molar-refractivity contribution in [2.24, 2.45) is 0 Å². The number of anilines is 1. The van der Waals surface area contributed by atoms with Crippen LogP contribution in [0, 0.1) is 0 Å². The van der Waals surface area contributed by atoms with Crippen molar-refractivity contribution in [1.29, 1.82) is 0 Å². The Kier molecular flexibility index (Phi) is 7.16. The Morgan fingerprint density at radius 3 is 2.59 bits per heavy atom. The number of amides is 2. The van der Waals surface area contributed by atoms with E-state index in [4.69, 9.17) is 28.6 Å². The van der Waals surface area contributed by atoms with E-state index in [2.05, 4.69) is 16.0 Å². The van der Waals surface area contributed by atoms with Crippen LogP contribution in [0.3, 0.4) is 0 Å². The number of methoxy groups -OCH3 is 1. The van der Waals surface area contributed by atoms with Gasteiger partial charge in [-0.15, -0.1) is 11.3 Å². The lowest BCUT2D eigenvalue weighted by molar-refractivity contribution is 0.0937. The van der Waals surface area contributed by atoms with Crippen LogP contribution in [0.25, 0.3) is 10.1 Å². The number of ether oxygens (including phenoxy) is 1. The molecule has 9 heteroatoms. The van der Waals surface area contributed by atoms with Crippen molar-refractivity contribution in [3.8, 4) is 0 Å². The number of para-hydroxylation sites is 1. The largest absolute Gasteiger partial charge is 0.383 e. The van der Waals surface area contributed by atoms with Gasteiger partial charge in [0.15, 0.2) is 5.11 Å². The molecule has 0 aliphatic heterocycles. The third-order valence-corrected chi connectivity index (χ3v) is 5.86. The summed E-state index contributed by atoms with van der Waals surface area (Å²) in [6.45, 7) is 0.793. The molecule has 0 radical (unpaired) electrons. The monoisotopic (exact) mass is 447 g/mol. The van der Waals surface area contributed by atoms with E-state index in [0.717, 1.165) is 10.1 Å². The smallest absolute Gasteiger partial charge is 0.269 e. The van der Waals surface area contributed by atoms with Gasteiger partial charge in [0.1, 0.15) is 4.88 Å². The molecule has 0 unspecified atom stereocenters. The fourth-order valence-electron chi connectivity index (χ4n) is 2.63. The van der Waals surface area contributed by atoms with Gasteiger partial charge in [-0.05, 0) is 30.4 Å². The molecule has 3 aromatic rings. The first-order valence-corrected chi connectivity index (χ1v) is 10.3. The lowest BCUT2D eigenvalue weighted by Crippen LogP contribution is -2.35. The van der Waals surface area contributed by atoms with Crippen molar-refractivity contribution in [2.75, 3.05) is 25.6 Å². The summed E-state index contributed by atoms with van der Waals surface area (Å²) in [5.41, 5.74) is 0.884. The first-order valence-electron chi connectivity index (χ1n) is 8.66. The lowest BCUT2D eigenvalue weighted by Gasteiger charge is -2.13. The lowest BCUT2D eigenvalue weighted by atomic mass is 10.1. The van der Waals surface area contributed by atoms with Gasteiger partial charge >= 0.3 is 0 Å². The zero-order valence-corrected chi connectivity index (χ0v) is 17.8. The van der Waals surface area contributed by atoms with Crippen LogP contribution >= 0.6 is 35.2 Å². The molecule has 1 heterocycles. The number of carbonyl (C=O) groups is 2. The highest BCUT2D eigenvalue weighted by Gasteiger charge is 2.18. The summed E-state index contributed by atoms with van der Waals surface area (Å²) in [6.07, 6.45) is 0. The van der Waals surface area contributed by atoms with Gasteiger partial charge in [0.05, 0.1) is 22.9 Å². The minimum absolute atomic E-state index is 0.0701. The van der Waals surface area contributed by atoms with Crippen molar-refractivity contribution < 1.29 is 14.3 Å². The summed E-state index contributed by atoms with van der Waals surface area (Å²) < 4.78 is 5.85. The molecule has 1 aromatic heterocycles. The Balaban J connectivity index is 1.70. The Morgan fingerprint density at radius 1 is 1.10 bits per heavy atom. The third-order valence-electron chi connectivity index (χ3n) is 3.98. The highest BCUT2D eigenvalue weighted by Crippen LogP contribution is 2.35. The standard InChI is InChI=1S/C20H18ClN3O3S2/c1-27-11-10-22-18(25)12-6-2-4-8-14(12)23-20(28)24-19(26)17-16(21)13-7-3-5-9-15(13)29-17/h2-9H,10-11H2,1H3,(H,22,25)(H2,23,24,26,28). The van der Waals surface area contributed by atoms with Crippen LogP contribution in [-0.2, 0) is 4.74 Å². The molecule has 0 saturated heterocycles. The second-order valence-electron chi connectivity index (χ2n) is 5.94. The van der Waals surface area contributed by atoms with E-state index in [-0.39, 0.29) is 11.0 Å². The predicted octanol–water partition coefficient (Wildman–Crippen LogP) is 4.06. The van der Waals surface area contributed by atoms with E-state index in [0.29, 0.717) is 34.3 Å². The molecule has 6 nitrogen and oxygen atoms in total. The first kappa shape index (κ1) is 21.2. The van der Waals surface area contributed by atoms with E-state index >= 15 is 0 Å². The second kappa shape index (κ2) is 9.80. The molecule has 2 amide bonds. The molecule has 0 aliphatic carbocycles. The molecule has 2 aromatic carbocycles. The molecule has 29 heavy (non-hydrogen) atoms. The maximum Gasteiger partial charge on any atom is 0.269 e. The maximum atomic E-state index is 12.6. The molecule has 0 bridgehead atoms. The van der Waals surface area contributed by atoms with Crippen molar-refractivity contribution in [3.63, 3.8) is 0 Å². The number of hydrogen-bond donors (Lipinski definition) is 3. The number of thiocarbonyl (C=S) groups is 1. The van der Waals surface area contributed by atoms with Crippen LogP contribution in [-0.4, -0.2) is 37.2 Å². The Labute approximate surface area is 182 Å². The second-order valence-corrected chi connectivity index (χ2v) is 7.78. The van der Waals surface area contributed by atoms with E-state index in [9.17, 15) is 9.59 Å². The van der Waals surface area contributed by atoms with Gasteiger partial charge in [0.2, 0.25) is 0 Å². The predicted molar refractivity (Wildman–Crippen MR) is 121 cm³/mol. The number of benzene rings is 2. The van der Waals surface area contributed by atoms with Gasteiger partial charge in [-0.25, -0.2) is 0 Å². The van der Waals surface area contributed by atoms with Gasteiger partial charge in [-0.2, -0.15) is 0 Å². The van der Waals surface area contributed by atoms with Crippen molar-refractivity contribution in [2.45, 2.75) is 0 Å². The van der Waals surface area contributed by atoms with Crippen LogP contribution in [0.2, 0.25) is 5.02 Å². The minimum Gasteiger partial charge on any atom is -0.383 e. The molecule has 0 atom stereocenters. The van der Waals surface area contributed by atoms with Crippen LogP contribution in [0.15, 0.2) is 48.5 Å². The van der Waals surface area contributed by atoms with Gasteiger partial charge in [-0.1, -0.05) is 41.9 Å². The van der Waals surface area contributed by atoms with E-state index in [1.807, 2.05) is 24.3 Å². The minimum atomic E-state index is -0.407. The normalized spacial score (nSPS) is 10.6. The number of rotatable bonds is 6. The summed E-state index contributed by atoms with van der Waals surface area (Å²) in [6, 6.07) is 14.4. The molecule has 3 rings (SSSR count). The topological polar surface area (TPSA) is 79.5 Å². The van der Waals surface area contributed by atoms with Crippen LogP contribution in [0.5, 0.6) is 0 Å². The molecule has 0 spiro atoms. The average Bonchev–Trinajstić information content (AvgIpc) is 3.05. The zero-order chi connectivity index (χ0) is 20.8. The number of nitrogens with one attached hydrogen (secondary N) is 3. The highest BCUT2D eigenvalue weighted by molar-refractivity contribution is 7.80. The van der Waals surface area contributed by atoms with E-state index in [1.54, 1.807) is 31.4 Å². The van der Waals surface area contributed by atoms with E-state index in [1.165, 1.54) is 11.3 Å². The fourth-order valence-corrected chi connectivity index (χ4v) is 4.24. The number of fused-ring (bicyclic) bond motifs is 1. The molecular formula is C20H18ClN3O3S2. The quantitative estimate of drug-likeness (QED) is 0.392. The van der Waals surface area contributed by atoms with Gasteiger partial charge < -0.3 is 15.4 Å². The summed E-state index contributed by atoms with van der Waals surface area (Å²) in [7, 11) is 1.56. The number of carbonyl (C=O) groups excluding carboxylic acids is 2. The highest BCUT2D eigenvalue weighted by atomic mass is 35.5. The van der Waals surface area contributed by atoms with Crippen molar-refractivity contribution >= 4 is 67.9 Å².